The maximum absolute atomic E-state index is 5.45. The predicted octanol–water partition coefficient (Wildman–Crippen LogP) is 2.59. The molecule has 0 bridgehead atoms. The van der Waals surface area contributed by atoms with E-state index in [-0.39, 0.29) is 0 Å². The third-order valence-corrected chi connectivity index (χ3v) is 2.57. The van der Waals surface area contributed by atoms with Gasteiger partial charge in [-0.3, -0.25) is 0 Å². The third kappa shape index (κ3) is 5.21. The van der Waals surface area contributed by atoms with Crippen LogP contribution in [0.25, 0.3) is 0 Å². The maximum Gasteiger partial charge on any atom is 0.322 e. The second-order valence-electron chi connectivity index (χ2n) is 3.43. The first kappa shape index (κ1) is 14.0. The summed E-state index contributed by atoms with van der Waals surface area (Å²) in [7, 11) is 0. The van der Waals surface area contributed by atoms with Crippen molar-refractivity contribution in [2.45, 2.75) is 38.8 Å². The van der Waals surface area contributed by atoms with Gasteiger partial charge in [-0.05, 0) is 18.6 Å². The number of hydrogen-bond acceptors (Lipinski definition) is 6. The standard InChI is InChI=1S/C11H20N4OS/c1-4-7-12-9-13-10(16-8-5-2)15-11(14-9)17-6-3/h4-8H2,1-3H3,(H,12,13,14,15). The fourth-order valence-corrected chi connectivity index (χ4v) is 1.66. The summed E-state index contributed by atoms with van der Waals surface area (Å²) in [5, 5.41) is 3.87. The van der Waals surface area contributed by atoms with E-state index in [2.05, 4.69) is 41.0 Å². The van der Waals surface area contributed by atoms with Crippen LogP contribution in [0.3, 0.4) is 0 Å². The van der Waals surface area contributed by atoms with E-state index in [9.17, 15) is 0 Å². The van der Waals surface area contributed by atoms with Gasteiger partial charge in [0.1, 0.15) is 0 Å². The van der Waals surface area contributed by atoms with Crippen molar-refractivity contribution in [3.05, 3.63) is 0 Å². The van der Waals surface area contributed by atoms with E-state index >= 15 is 0 Å². The lowest BCUT2D eigenvalue weighted by Gasteiger charge is -2.07. The molecule has 0 aliphatic carbocycles. The van der Waals surface area contributed by atoms with Gasteiger partial charge in [-0.25, -0.2) is 0 Å². The Labute approximate surface area is 107 Å². The first-order valence-electron chi connectivity index (χ1n) is 6.05. The molecule has 17 heavy (non-hydrogen) atoms. The molecule has 0 unspecified atom stereocenters. The van der Waals surface area contributed by atoms with Crippen molar-refractivity contribution in [1.82, 2.24) is 15.0 Å². The summed E-state index contributed by atoms with van der Waals surface area (Å²) in [4.78, 5) is 12.8. The second-order valence-corrected chi connectivity index (χ2v) is 4.66. The van der Waals surface area contributed by atoms with Gasteiger partial charge in [-0.15, -0.1) is 0 Å². The molecule has 0 saturated carbocycles. The Bertz CT molecular complexity index is 309. The Balaban J connectivity index is 2.76. The molecule has 1 rings (SSSR count). The van der Waals surface area contributed by atoms with Crippen LogP contribution in [0, 0.1) is 0 Å². The molecule has 0 amide bonds. The average Bonchev–Trinajstić information content (AvgIpc) is 2.34. The lowest BCUT2D eigenvalue weighted by Crippen LogP contribution is -2.09. The number of nitrogens with zero attached hydrogens (tertiary/aromatic N) is 3. The highest BCUT2D eigenvalue weighted by Crippen LogP contribution is 2.17. The summed E-state index contributed by atoms with van der Waals surface area (Å²) in [6.07, 6.45) is 1.98. The zero-order valence-electron chi connectivity index (χ0n) is 10.7. The summed E-state index contributed by atoms with van der Waals surface area (Å²) < 4.78 is 5.45. The molecule has 1 aromatic rings. The molecule has 0 saturated heterocycles. The Hall–Kier alpha value is -1.04. The summed E-state index contributed by atoms with van der Waals surface area (Å²) >= 11 is 1.59. The molecule has 0 aromatic carbocycles. The molecule has 5 nitrogen and oxygen atoms in total. The normalized spacial score (nSPS) is 10.3. The van der Waals surface area contributed by atoms with Gasteiger partial charge < -0.3 is 10.1 Å². The van der Waals surface area contributed by atoms with E-state index in [1.165, 1.54) is 0 Å². The fraction of sp³-hybridized carbons (Fsp3) is 0.727. The molecule has 0 radical (unpaired) electrons. The molecule has 1 aromatic heterocycles. The fourth-order valence-electron chi connectivity index (χ4n) is 1.11. The number of rotatable bonds is 8. The van der Waals surface area contributed by atoms with Crippen LogP contribution in [0.15, 0.2) is 5.16 Å². The molecule has 1 heterocycles. The number of ether oxygens (including phenoxy) is 1. The molecule has 0 atom stereocenters. The van der Waals surface area contributed by atoms with Crippen molar-refractivity contribution in [3.63, 3.8) is 0 Å². The van der Waals surface area contributed by atoms with Crippen molar-refractivity contribution >= 4 is 17.7 Å². The summed E-state index contributed by atoms with van der Waals surface area (Å²) in [6, 6.07) is 0.413. The minimum Gasteiger partial charge on any atom is -0.463 e. The summed E-state index contributed by atoms with van der Waals surface area (Å²) in [6.45, 7) is 7.71. The van der Waals surface area contributed by atoms with Crippen LogP contribution in [0.2, 0.25) is 0 Å². The summed E-state index contributed by atoms with van der Waals surface area (Å²) in [5.74, 6) is 1.54. The second kappa shape index (κ2) is 8.11. The molecule has 0 fully saturated rings. The molecular weight excluding hydrogens is 236 g/mol. The van der Waals surface area contributed by atoms with Gasteiger partial charge in [-0.1, -0.05) is 32.5 Å². The molecule has 6 heteroatoms. The number of anilines is 1. The van der Waals surface area contributed by atoms with E-state index < -0.39 is 0 Å². The van der Waals surface area contributed by atoms with Crippen molar-refractivity contribution in [1.29, 1.82) is 0 Å². The van der Waals surface area contributed by atoms with Gasteiger partial charge in [-0.2, -0.15) is 15.0 Å². The SMILES string of the molecule is CCCNc1nc(OCCC)nc(SCC)n1. The Morgan fingerprint density at radius 1 is 1.12 bits per heavy atom. The van der Waals surface area contributed by atoms with Gasteiger partial charge in [0.2, 0.25) is 5.95 Å². The van der Waals surface area contributed by atoms with E-state index in [0.717, 1.165) is 25.1 Å². The van der Waals surface area contributed by atoms with E-state index in [0.29, 0.717) is 23.7 Å². The highest BCUT2D eigenvalue weighted by Gasteiger charge is 2.06. The zero-order chi connectivity index (χ0) is 12.5. The minimum absolute atomic E-state index is 0.413. The van der Waals surface area contributed by atoms with Gasteiger partial charge >= 0.3 is 6.01 Å². The topological polar surface area (TPSA) is 59.9 Å². The lowest BCUT2D eigenvalue weighted by molar-refractivity contribution is 0.288. The van der Waals surface area contributed by atoms with Crippen LogP contribution in [0.4, 0.5) is 5.95 Å². The quantitative estimate of drug-likeness (QED) is 0.721. The highest BCUT2D eigenvalue weighted by molar-refractivity contribution is 7.99. The van der Waals surface area contributed by atoms with Crippen molar-refractivity contribution in [3.8, 4) is 6.01 Å². The number of thioether (sulfide) groups is 1. The Morgan fingerprint density at radius 3 is 2.59 bits per heavy atom. The number of aromatic nitrogens is 3. The Kier molecular flexibility index (Phi) is 6.69. The average molecular weight is 256 g/mol. The first-order valence-corrected chi connectivity index (χ1v) is 7.04. The van der Waals surface area contributed by atoms with Gasteiger partial charge in [0, 0.05) is 6.54 Å². The monoisotopic (exact) mass is 256 g/mol. The van der Waals surface area contributed by atoms with E-state index in [1.807, 2.05) is 0 Å². The minimum atomic E-state index is 0.413. The molecule has 0 aliphatic rings. The smallest absolute Gasteiger partial charge is 0.322 e. The molecular formula is C11H20N4OS. The molecule has 96 valence electrons. The van der Waals surface area contributed by atoms with Gasteiger partial charge in [0.25, 0.3) is 0 Å². The van der Waals surface area contributed by atoms with Crippen LogP contribution in [-0.2, 0) is 0 Å². The zero-order valence-corrected chi connectivity index (χ0v) is 11.5. The predicted molar refractivity (Wildman–Crippen MR) is 70.8 cm³/mol. The van der Waals surface area contributed by atoms with E-state index in [4.69, 9.17) is 4.74 Å². The first-order chi connectivity index (χ1) is 8.30. The van der Waals surface area contributed by atoms with Crippen molar-refractivity contribution in [2.24, 2.45) is 0 Å². The molecule has 1 N–H and O–H groups in total. The number of nitrogens with one attached hydrogen (secondary N) is 1. The van der Waals surface area contributed by atoms with Crippen LogP contribution in [-0.4, -0.2) is 33.9 Å². The van der Waals surface area contributed by atoms with Crippen LogP contribution >= 0.6 is 11.8 Å². The maximum atomic E-state index is 5.45. The summed E-state index contributed by atoms with van der Waals surface area (Å²) in [5.41, 5.74) is 0. The lowest BCUT2D eigenvalue weighted by atomic mass is 10.5. The van der Waals surface area contributed by atoms with Crippen molar-refractivity contribution in [2.75, 3.05) is 24.2 Å². The van der Waals surface area contributed by atoms with Crippen LogP contribution in [0.5, 0.6) is 6.01 Å². The highest BCUT2D eigenvalue weighted by atomic mass is 32.2. The van der Waals surface area contributed by atoms with E-state index in [1.54, 1.807) is 11.8 Å². The third-order valence-electron chi connectivity index (χ3n) is 1.84. The van der Waals surface area contributed by atoms with Gasteiger partial charge in [0.15, 0.2) is 5.16 Å². The van der Waals surface area contributed by atoms with Gasteiger partial charge in [0.05, 0.1) is 6.61 Å². The largest absolute Gasteiger partial charge is 0.463 e. The van der Waals surface area contributed by atoms with Crippen LogP contribution in [0.1, 0.15) is 33.6 Å². The van der Waals surface area contributed by atoms with Crippen molar-refractivity contribution < 1.29 is 4.74 Å². The van der Waals surface area contributed by atoms with Crippen LogP contribution < -0.4 is 10.1 Å². The Morgan fingerprint density at radius 2 is 1.94 bits per heavy atom. The molecule has 0 aliphatic heterocycles. The number of hydrogen-bond donors (Lipinski definition) is 1. The molecule has 0 spiro atoms.